The van der Waals surface area contributed by atoms with Crippen molar-refractivity contribution in [3.63, 3.8) is 0 Å². The zero-order valence-corrected chi connectivity index (χ0v) is 17.7. The van der Waals surface area contributed by atoms with E-state index in [9.17, 15) is 20.1 Å². The minimum atomic E-state index is -0.828. The van der Waals surface area contributed by atoms with Crippen molar-refractivity contribution in [3.8, 4) is 11.5 Å². The molecule has 0 fully saturated rings. The fourth-order valence-electron chi connectivity index (χ4n) is 3.32. The topological polar surface area (TPSA) is 115 Å². The Labute approximate surface area is 181 Å². The minimum absolute atomic E-state index is 0. The molecule has 2 aromatic carbocycles. The van der Waals surface area contributed by atoms with Crippen LogP contribution in [0.3, 0.4) is 0 Å². The van der Waals surface area contributed by atoms with Crippen LogP contribution in [0.25, 0.3) is 10.9 Å². The van der Waals surface area contributed by atoms with E-state index in [1.807, 2.05) is 19.1 Å². The van der Waals surface area contributed by atoms with Crippen molar-refractivity contribution in [2.45, 2.75) is 32.4 Å². The van der Waals surface area contributed by atoms with Crippen molar-refractivity contribution < 1.29 is 24.9 Å². The molecule has 3 rings (SSSR count). The van der Waals surface area contributed by atoms with Crippen LogP contribution in [0, 0.1) is 0 Å². The first-order chi connectivity index (χ1) is 13.9. The van der Waals surface area contributed by atoms with E-state index in [2.05, 4.69) is 10.3 Å². The van der Waals surface area contributed by atoms with Gasteiger partial charge < -0.3 is 30.4 Å². The van der Waals surface area contributed by atoms with Gasteiger partial charge >= 0.3 is 5.97 Å². The third-order valence-corrected chi connectivity index (χ3v) is 4.80. The number of phenols is 2. The summed E-state index contributed by atoms with van der Waals surface area (Å²) in [6, 6.07) is 11.9. The molecule has 0 saturated heterocycles. The molecule has 0 spiro atoms. The van der Waals surface area contributed by atoms with E-state index in [4.69, 9.17) is 4.74 Å². The van der Waals surface area contributed by atoms with Gasteiger partial charge in [-0.3, -0.25) is 0 Å². The lowest BCUT2D eigenvalue weighted by molar-refractivity contribution is 0.0520. The van der Waals surface area contributed by atoms with Crippen LogP contribution in [-0.4, -0.2) is 45.5 Å². The molecule has 0 aliphatic heterocycles. The number of benzene rings is 2. The van der Waals surface area contributed by atoms with Crippen LogP contribution in [0.1, 0.15) is 41.6 Å². The number of aromatic amines is 1. The van der Waals surface area contributed by atoms with E-state index in [1.54, 1.807) is 31.2 Å². The second kappa shape index (κ2) is 10.3. The first kappa shape index (κ1) is 23.5. The number of nitrogens with one attached hydrogen (secondary N) is 2. The Morgan fingerprint density at radius 1 is 1.17 bits per heavy atom. The second-order valence-corrected chi connectivity index (χ2v) is 7.06. The summed E-state index contributed by atoms with van der Waals surface area (Å²) >= 11 is 0. The largest absolute Gasteiger partial charge is 0.508 e. The summed E-state index contributed by atoms with van der Waals surface area (Å²) in [4.78, 5) is 14.9. The highest BCUT2D eigenvalue weighted by molar-refractivity contribution is 5.98. The lowest BCUT2D eigenvalue weighted by atomic mass is 10.0. The lowest BCUT2D eigenvalue weighted by Crippen LogP contribution is -2.32. The molecule has 1 aromatic heterocycles. The molecule has 0 amide bonds. The number of H-pyrrole nitrogens is 1. The van der Waals surface area contributed by atoms with Gasteiger partial charge in [0.1, 0.15) is 17.2 Å². The summed E-state index contributed by atoms with van der Waals surface area (Å²) in [6.45, 7) is 4.29. The molecule has 5 N–H and O–H groups in total. The average molecular weight is 435 g/mol. The molecule has 0 radical (unpaired) electrons. The summed E-state index contributed by atoms with van der Waals surface area (Å²) in [5.41, 5.74) is 2.30. The highest BCUT2D eigenvalue weighted by atomic mass is 35.5. The number of aliphatic hydroxyl groups excluding tert-OH is 1. The van der Waals surface area contributed by atoms with Gasteiger partial charge in [0.05, 0.1) is 18.2 Å². The summed E-state index contributed by atoms with van der Waals surface area (Å²) in [5, 5.41) is 34.1. The van der Waals surface area contributed by atoms with Gasteiger partial charge in [0.2, 0.25) is 0 Å². The number of carbonyl (C=O) groups is 1. The number of fused-ring (bicyclic) bond motifs is 1. The molecule has 7 nitrogen and oxygen atoms in total. The maximum absolute atomic E-state index is 12.0. The quantitative estimate of drug-likeness (QED) is 0.347. The Bertz CT molecular complexity index is 987. The Morgan fingerprint density at radius 3 is 2.53 bits per heavy atom. The van der Waals surface area contributed by atoms with Gasteiger partial charge in [0, 0.05) is 18.0 Å². The highest BCUT2D eigenvalue weighted by Gasteiger charge is 2.19. The first-order valence-electron chi connectivity index (χ1n) is 9.60. The van der Waals surface area contributed by atoms with Crippen molar-refractivity contribution in [2.75, 3.05) is 13.2 Å². The molecule has 2 unspecified atom stereocenters. The molecule has 2 atom stereocenters. The number of esters is 1. The van der Waals surface area contributed by atoms with Crippen LogP contribution in [0.15, 0.2) is 42.5 Å². The van der Waals surface area contributed by atoms with E-state index >= 15 is 0 Å². The summed E-state index contributed by atoms with van der Waals surface area (Å²) in [5.74, 6) is -0.279. The number of ether oxygens (including phenoxy) is 1. The summed E-state index contributed by atoms with van der Waals surface area (Å²) in [7, 11) is 0. The Kier molecular flexibility index (Phi) is 8.11. The fourth-order valence-corrected chi connectivity index (χ4v) is 3.32. The number of halogens is 1. The zero-order chi connectivity index (χ0) is 21.0. The lowest BCUT2D eigenvalue weighted by Gasteiger charge is -2.18. The van der Waals surface area contributed by atoms with Crippen molar-refractivity contribution in [2.24, 2.45) is 0 Å². The number of hydrogen-bond acceptors (Lipinski definition) is 6. The van der Waals surface area contributed by atoms with E-state index in [1.165, 1.54) is 6.07 Å². The maximum Gasteiger partial charge on any atom is 0.354 e. The molecule has 0 aliphatic rings. The molecular formula is C22H27ClN2O5. The van der Waals surface area contributed by atoms with Gasteiger partial charge in [-0.2, -0.15) is 0 Å². The number of carbonyl (C=O) groups excluding carboxylic acids is 1. The molecule has 3 aromatic rings. The van der Waals surface area contributed by atoms with Gasteiger partial charge in [0.25, 0.3) is 0 Å². The van der Waals surface area contributed by atoms with Crippen molar-refractivity contribution in [3.05, 3.63) is 59.3 Å². The molecule has 0 bridgehead atoms. The van der Waals surface area contributed by atoms with Gasteiger partial charge in [-0.05, 0) is 55.7 Å². The molecule has 30 heavy (non-hydrogen) atoms. The van der Waals surface area contributed by atoms with Crippen molar-refractivity contribution >= 4 is 29.3 Å². The highest BCUT2D eigenvalue weighted by Crippen LogP contribution is 2.31. The fraction of sp³-hybridized carbons (Fsp3) is 0.318. The number of hydrogen-bond donors (Lipinski definition) is 5. The standard InChI is InChI=1S/C22H26N2O5.ClH/c1-3-29-22(28)18-11-17-16(8-9-19(26)21(17)24-18)20(27)12-23-13(2)10-14-4-6-15(25)7-5-14;/h4-9,11,13,20,23-27H,3,10,12H2,1-2H3;1H. The van der Waals surface area contributed by atoms with Gasteiger partial charge in [-0.25, -0.2) is 4.79 Å². The van der Waals surface area contributed by atoms with Crippen LogP contribution < -0.4 is 5.32 Å². The van der Waals surface area contributed by atoms with Crippen molar-refractivity contribution in [1.82, 2.24) is 10.3 Å². The van der Waals surface area contributed by atoms with Crippen LogP contribution in [-0.2, 0) is 11.2 Å². The zero-order valence-electron chi connectivity index (χ0n) is 16.9. The molecular weight excluding hydrogens is 408 g/mol. The van der Waals surface area contributed by atoms with Gasteiger partial charge in [-0.1, -0.05) is 18.2 Å². The number of aromatic nitrogens is 1. The molecule has 1 heterocycles. The minimum Gasteiger partial charge on any atom is -0.508 e. The summed E-state index contributed by atoms with van der Waals surface area (Å²) < 4.78 is 5.00. The number of rotatable bonds is 8. The van der Waals surface area contributed by atoms with Crippen molar-refractivity contribution in [1.29, 1.82) is 0 Å². The number of aliphatic hydroxyl groups is 1. The van der Waals surface area contributed by atoms with Crippen LogP contribution >= 0.6 is 12.4 Å². The van der Waals surface area contributed by atoms with E-state index in [0.717, 1.165) is 12.0 Å². The second-order valence-electron chi connectivity index (χ2n) is 7.06. The first-order valence-corrected chi connectivity index (χ1v) is 9.60. The smallest absolute Gasteiger partial charge is 0.354 e. The molecule has 162 valence electrons. The number of phenolic OH excluding ortho intramolecular Hbond substituents is 2. The maximum atomic E-state index is 12.0. The Morgan fingerprint density at radius 2 is 1.87 bits per heavy atom. The van der Waals surface area contributed by atoms with E-state index < -0.39 is 12.1 Å². The van der Waals surface area contributed by atoms with Gasteiger partial charge in [-0.15, -0.1) is 12.4 Å². The van der Waals surface area contributed by atoms with E-state index in [-0.39, 0.29) is 42.2 Å². The predicted octanol–water partition coefficient (Wildman–Crippen LogP) is 3.43. The predicted molar refractivity (Wildman–Crippen MR) is 117 cm³/mol. The Balaban J connectivity index is 0.00000320. The van der Waals surface area contributed by atoms with E-state index in [0.29, 0.717) is 23.0 Å². The SMILES string of the molecule is CCOC(=O)c1cc2c(C(O)CNC(C)Cc3ccc(O)cc3)ccc(O)c2[nH]1.Cl. The molecule has 0 saturated carbocycles. The third-order valence-electron chi connectivity index (χ3n) is 4.80. The molecule has 0 aliphatic carbocycles. The van der Waals surface area contributed by atoms with Crippen LogP contribution in [0.4, 0.5) is 0 Å². The number of aromatic hydroxyl groups is 2. The van der Waals surface area contributed by atoms with Crippen LogP contribution in [0.5, 0.6) is 11.5 Å². The average Bonchev–Trinajstić information content (AvgIpc) is 3.15. The monoisotopic (exact) mass is 434 g/mol. The normalized spacial score (nSPS) is 12.9. The van der Waals surface area contributed by atoms with Gasteiger partial charge in [0.15, 0.2) is 0 Å². The third kappa shape index (κ3) is 5.44. The van der Waals surface area contributed by atoms with Crippen LogP contribution in [0.2, 0.25) is 0 Å². The Hall–Kier alpha value is -2.74. The summed E-state index contributed by atoms with van der Waals surface area (Å²) in [6.07, 6.45) is -0.0824. The molecule has 8 heteroatoms.